The summed E-state index contributed by atoms with van der Waals surface area (Å²) in [7, 11) is 0. The largest absolute Gasteiger partial charge is 0.349 e. The van der Waals surface area contributed by atoms with E-state index in [1.54, 1.807) is 11.3 Å². The molecule has 3 nitrogen and oxygen atoms in total. The van der Waals surface area contributed by atoms with Crippen LogP contribution in [0.4, 0.5) is 0 Å². The molecule has 0 atom stereocenters. The van der Waals surface area contributed by atoms with E-state index in [0.29, 0.717) is 0 Å². The van der Waals surface area contributed by atoms with E-state index in [0.717, 1.165) is 49.3 Å². The van der Waals surface area contributed by atoms with Gasteiger partial charge < -0.3 is 5.32 Å². The number of benzene rings is 3. The summed E-state index contributed by atoms with van der Waals surface area (Å²) in [4.78, 5) is 16.8. The van der Waals surface area contributed by atoms with Crippen molar-refractivity contribution in [2.45, 2.75) is 38.8 Å². The average molecular weight is 455 g/mol. The highest BCUT2D eigenvalue weighted by molar-refractivity contribution is 7.21. The smallest absolute Gasteiger partial charge is 0.261 e. The quantitative estimate of drug-likeness (QED) is 0.376. The number of nitrogens with one attached hydrogen (secondary N) is 1. The molecule has 1 N–H and O–H groups in total. The van der Waals surface area contributed by atoms with Crippen molar-refractivity contribution in [1.82, 2.24) is 10.2 Å². The summed E-state index contributed by atoms with van der Waals surface area (Å²) in [6.07, 6.45) is 2.77. The molecule has 1 aliphatic heterocycles. The first-order chi connectivity index (χ1) is 16.2. The van der Waals surface area contributed by atoms with Crippen LogP contribution < -0.4 is 5.32 Å². The van der Waals surface area contributed by atoms with Crippen molar-refractivity contribution in [3.63, 3.8) is 0 Å². The maximum Gasteiger partial charge on any atom is 0.261 e. The van der Waals surface area contributed by atoms with E-state index >= 15 is 0 Å². The Morgan fingerprint density at radius 1 is 0.909 bits per heavy atom. The number of carbonyl (C=O) groups is 1. The number of hydrogen-bond donors (Lipinski definition) is 1. The molecule has 0 aliphatic carbocycles. The Hall–Kier alpha value is -2.95. The summed E-state index contributed by atoms with van der Waals surface area (Å²) >= 11 is 1.62. The van der Waals surface area contributed by atoms with E-state index in [9.17, 15) is 4.79 Å². The Morgan fingerprint density at radius 2 is 1.61 bits per heavy atom. The fourth-order valence-electron chi connectivity index (χ4n) is 4.70. The van der Waals surface area contributed by atoms with Crippen LogP contribution in [0.15, 0.2) is 78.9 Å². The van der Waals surface area contributed by atoms with Crippen LogP contribution in [-0.4, -0.2) is 29.9 Å². The molecule has 4 aromatic rings. The molecule has 0 spiro atoms. The van der Waals surface area contributed by atoms with Crippen LogP contribution in [0.2, 0.25) is 0 Å². The van der Waals surface area contributed by atoms with Crippen LogP contribution >= 0.6 is 11.3 Å². The van der Waals surface area contributed by atoms with Gasteiger partial charge in [-0.3, -0.25) is 9.69 Å². The van der Waals surface area contributed by atoms with Crippen molar-refractivity contribution in [2.75, 3.05) is 13.1 Å². The number of piperidine rings is 1. The number of amides is 1. The Balaban J connectivity index is 1.28. The normalized spacial score (nSPS) is 15.1. The summed E-state index contributed by atoms with van der Waals surface area (Å²) in [5.41, 5.74) is 5.00. The Kier molecular flexibility index (Phi) is 6.56. The molecule has 1 amide bonds. The molecule has 1 saturated heterocycles. The number of carbonyl (C=O) groups excluding carboxylic acids is 1. The summed E-state index contributed by atoms with van der Waals surface area (Å²) in [6, 6.07) is 27.9. The highest BCUT2D eigenvalue weighted by Crippen LogP contribution is 2.33. The molecule has 0 bridgehead atoms. The van der Waals surface area contributed by atoms with Crippen molar-refractivity contribution < 1.29 is 4.79 Å². The van der Waals surface area contributed by atoms with E-state index in [1.165, 1.54) is 26.8 Å². The molecule has 1 aromatic heterocycles. The number of likely N-dealkylation sites (tertiary alicyclic amines) is 1. The second-order valence-corrected chi connectivity index (χ2v) is 10.1. The van der Waals surface area contributed by atoms with Crippen LogP contribution in [0.5, 0.6) is 0 Å². The lowest BCUT2D eigenvalue weighted by molar-refractivity contribution is 0.0912. The lowest BCUT2D eigenvalue weighted by Crippen LogP contribution is -2.44. The minimum atomic E-state index is 0.0832. The molecule has 0 unspecified atom stereocenters. The molecule has 1 fully saturated rings. The van der Waals surface area contributed by atoms with Crippen LogP contribution in [-0.2, 0) is 13.0 Å². The van der Waals surface area contributed by atoms with E-state index in [2.05, 4.69) is 96.0 Å². The van der Waals surface area contributed by atoms with Crippen molar-refractivity contribution in [1.29, 1.82) is 0 Å². The highest BCUT2D eigenvalue weighted by atomic mass is 32.1. The lowest BCUT2D eigenvalue weighted by Gasteiger charge is -2.32. The SMILES string of the molecule is Cc1ccc(Cc2c(C(=O)NC3CCN(Cc4ccccc4)CC3)sc3ccccc23)cc1. The predicted octanol–water partition coefficient (Wildman–Crippen LogP) is 6.19. The van der Waals surface area contributed by atoms with Gasteiger partial charge in [-0.05, 0) is 54.3 Å². The Labute approximate surface area is 200 Å². The van der Waals surface area contributed by atoms with Crippen molar-refractivity contribution in [2.24, 2.45) is 0 Å². The molecule has 168 valence electrons. The topological polar surface area (TPSA) is 32.3 Å². The van der Waals surface area contributed by atoms with Gasteiger partial charge in [-0.2, -0.15) is 0 Å². The van der Waals surface area contributed by atoms with E-state index in [1.807, 2.05) is 0 Å². The molecular weight excluding hydrogens is 424 g/mol. The maximum absolute atomic E-state index is 13.4. The molecule has 2 heterocycles. The Morgan fingerprint density at radius 3 is 2.36 bits per heavy atom. The molecule has 0 saturated carbocycles. The second kappa shape index (κ2) is 9.90. The molecular formula is C29H30N2OS. The van der Waals surface area contributed by atoms with Gasteiger partial charge in [0.05, 0.1) is 4.88 Å². The zero-order valence-electron chi connectivity index (χ0n) is 19.1. The summed E-state index contributed by atoms with van der Waals surface area (Å²) < 4.78 is 1.18. The van der Waals surface area contributed by atoms with Gasteiger partial charge in [0.25, 0.3) is 5.91 Å². The minimum absolute atomic E-state index is 0.0832. The molecule has 1 aliphatic rings. The van der Waals surface area contributed by atoms with Crippen molar-refractivity contribution in [3.05, 3.63) is 106 Å². The minimum Gasteiger partial charge on any atom is -0.349 e. The summed E-state index contributed by atoms with van der Waals surface area (Å²) in [5, 5.41) is 4.56. The van der Waals surface area contributed by atoms with Crippen molar-refractivity contribution in [3.8, 4) is 0 Å². The maximum atomic E-state index is 13.4. The number of hydrogen-bond acceptors (Lipinski definition) is 3. The van der Waals surface area contributed by atoms with Gasteiger partial charge in [0.1, 0.15) is 0 Å². The first kappa shape index (κ1) is 21.9. The van der Waals surface area contributed by atoms with Gasteiger partial charge in [0.2, 0.25) is 0 Å². The lowest BCUT2D eigenvalue weighted by atomic mass is 10.00. The fraction of sp³-hybridized carbons (Fsp3) is 0.276. The monoisotopic (exact) mass is 454 g/mol. The molecule has 0 radical (unpaired) electrons. The third-order valence-corrected chi connectivity index (χ3v) is 7.79. The number of rotatable bonds is 6. The zero-order chi connectivity index (χ0) is 22.6. The summed E-state index contributed by atoms with van der Waals surface area (Å²) in [6.45, 7) is 5.12. The standard InChI is InChI=1S/C29H30N2OS/c1-21-11-13-22(14-12-21)19-26-25-9-5-6-10-27(25)33-28(26)29(32)30-24-15-17-31(18-16-24)20-23-7-3-2-4-8-23/h2-14,24H,15-20H2,1H3,(H,30,32). The Bertz CT molecular complexity index is 1220. The van der Waals surface area contributed by atoms with Gasteiger partial charge in [-0.1, -0.05) is 78.4 Å². The second-order valence-electron chi connectivity index (χ2n) is 9.08. The number of thiophene rings is 1. The highest BCUT2D eigenvalue weighted by Gasteiger charge is 2.24. The fourth-order valence-corrected chi connectivity index (χ4v) is 5.82. The molecule has 33 heavy (non-hydrogen) atoms. The van der Waals surface area contributed by atoms with Crippen LogP contribution in [0.25, 0.3) is 10.1 Å². The first-order valence-corrected chi connectivity index (χ1v) is 12.6. The van der Waals surface area contributed by atoms with Gasteiger partial charge in [-0.15, -0.1) is 11.3 Å². The zero-order valence-corrected chi connectivity index (χ0v) is 19.9. The number of fused-ring (bicyclic) bond motifs is 1. The van der Waals surface area contributed by atoms with E-state index in [-0.39, 0.29) is 11.9 Å². The van der Waals surface area contributed by atoms with E-state index < -0.39 is 0 Å². The van der Waals surface area contributed by atoms with Gasteiger partial charge in [0, 0.05) is 30.4 Å². The predicted molar refractivity (Wildman–Crippen MR) is 138 cm³/mol. The van der Waals surface area contributed by atoms with Crippen LogP contribution in [0.1, 0.15) is 44.8 Å². The van der Waals surface area contributed by atoms with Crippen LogP contribution in [0.3, 0.4) is 0 Å². The number of nitrogens with zero attached hydrogens (tertiary/aromatic N) is 1. The number of aryl methyl sites for hydroxylation is 1. The van der Waals surface area contributed by atoms with Crippen LogP contribution in [0, 0.1) is 6.92 Å². The van der Waals surface area contributed by atoms with E-state index in [4.69, 9.17) is 0 Å². The first-order valence-electron chi connectivity index (χ1n) is 11.8. The summed E-state index contributed by atoms with van der Waals surface area (Å²) in [5.74, 6) is 0.0832. The van der Waals surface area contributed by atoms with Crippen molar-refractivity contribution >= 4 is 27.3 Å². The third-order valence-electron chi connectivity index (χ3n) is 6.58. The van der Waals surface area contributed by atoms with Gasteiger partial charge in [0.15, 0.2) is 0 Å². The molecule has 4 heteroatoms. The molecule has 5 rings (SSSR count). The average Bonchev–Trinajstić information content (AvgIpc) is 3.21. The van der Waals surface area contributed by atoms with Gasteiger partial charge >= 0.3 is 0 Å². The molecule has 3 aromatic carbocycles. The van der Waals surface area contributed by atoms with Gasteiger partial charge in [-0.25, -0.2) is 0 Å². The third kappa shape index (κ3) is 5.18.